The Kier molecular flexibility index (Phi) is 5.66. The molecule has 0 aromatic heterocycles. The van der Waals surface area contributed by atoms with Crippen molar-refractivity contribution in [3.8, 4) is 0 Å². The molecule has 2 rings (SSSR count). The number of aryl methyl sites for hydroxylation is 1. The Hall–Kier alpha value is -1.51. The Balaban J connectivity index is 2.18. The van der Waals surface area contributed by atoms with Crippen molar-refractivity contribution >= 4 is 11.6 Å². The minimum atomic E-state index is 0.190. The normalized spacial score (nSPS) is 18.6. The van der Waals surface area contributed by atoms with Crippen LogP contribution in [0.3, 0.4) is 0 Å². The summed E-state index contributed by atoms with van der Waals surface area (Å²) in [7, 11) is 0. The third-order valence-electron chi connectivity index (χ3n) is 4.35. The zero-order valence-electron chi connectivity index (χ0n) is 13.6. The van der Waals surface area contributed by atoms with Gasteiger partial charge in [-0.15, -0.1) is 0 Å². The first-order chi connectivity index (χ1) is 10.2. The van der Waals surface area contributed by atoms with E-state index in [1.54, 1.807) is 0 Å². The van der Waals surface area contributed by atoms with Gasteiger partial charge >= 0.3 is 0 Å². The van der Waals surface area contributed by atoms with Crippen LogP contribution in [-0.2, 0) is 0 Å². The van der Waals surface area contributed by atoms with Crippen LogP contribution < -0.4 is 5.32 Å². The van der Waals surface area contributed by atoms with Gasteiger partial charge in [0.15, 0.2) is 0 Å². The maximum absolute atomic E-state index is 12.9. The van der Waals surface area contributed by atoms with Crippen molar-refractivity contribution in [2.24, 2.45) is 5.92 Å². The van der Waals surface area contributed by atoms with Gasteiger partial charge in [-0.2, -0.15) is 0 Å². The SMILES string of the molecule is CCCNc1ccc(C)cc1C(=O)N1CCCC(CC)C1. The molecule has 1 aromatic rings. The number of hydrogen-bond donors (Lipinski definition) is 1. The number of nitrogens with zero attached hydrogens (tertiary/aromatic N) is 1. The zero-order chi connectivity index (χ0) is 15.2. The van der Waals surface area contributed by atoms with Crippen LogP contribution in [0.4, 0.5) is 5.69 Å². The van der Waals surface area contributed by atoms with Crippen LogP contribution in [0.1, 0.15) is 55.5 Å². The fourth-order valence-electron chi connectivity index (χ4n) is 3.00. The molecule has 1 aliphatic rings. The molecule has 1 saturated heterocycles. The predicted molar refractivity (Wildman–Crippen MR) is 88.9 cm³/mol. The Morgan fingerprint density at radius 1 is 1.38 bits per heavy atom. The van der Waals surface area contributed by atoms with Crippen molar-refractivity contribution in [3.05, 3.63) is 29.3 Å². The van der Waals surface area contributed by atoms with Crippen LogP contribution in [0, 0.1) is 12.8 Å². The maximum Gasteiger partial charge on any atom is 0.255 e. The lowest BCUT2D eigenvalue weighted by atomic mass is 9.95. The van der Waals surface area contributed by atoms with Gasteiger partial charge in [-0.3, -0.25) is 4.79 Å². The quantitative estimate of drug-likeness (QED) is 0.885. The van der Waals surface area contributed by atoms with Crippen molar-refractivity contribution in [1.82, 2.24) is 4.90 Å². The number of hydrogen-bond acceptors (Lipinski definition) is 2. The van der Waals surface area contributed by atoms with Gasteiger partial charge in [-0.1, -0.05) is 31.9 Å². The molecule has 1 aliphatic heterocycles. The van der Waals surface area contributed by atoms with E-state index in [-0.39, 0.29) is 5.91 Å². The van der Waals surface area contributed by atoms with E-state index in [0.29, 0.717) is 5.92 Å². The molecule has 21 heavy (non-hydrogen) atoms. The van der Waals surface area contributed by atoms with Crippen molar-refractivity contribution in [2.45, 2.75) is 46.5 Å². The minimum Gasteiger partial charge on any atom is -0.384 e. The Labute approximate surface area is 128 Å². The summed E-state index contributed by atoms with van der Waals surface area (Å²) < 4.78 is 0. The monoisotopic (exact) mass is 288 g/mol. The summed E-state index contributed by atoms with van der Waals surface area (Å²) in [5, 5.41) is 3.39. The molecule has 0 bridgehead atoms. The summed E-state index contributed by atoms with van der Waals surface area (Å²) in [5.74, 6) is 0.856. The number of piperidine rings is 1. The molecule has 0 saturated carbocycles. The highest BCUT2D eigenvalue weighted by Crippen LogP contribution is 2.24. The summed E-state index contributed by atoms with van der Waals surface area (Å²) in [6.45, 7) is 9.12. The van der Waals surface area contributed by atoms with Crippen molar-refractivity contribution in [2.75, 3.05) is 25.0 Å². The van der Waals surface area contributed by atoms with Gasteiger partial charge in [-0.25, -0.2) is 0 Å². The third-order valence-corrected chi connectivity index (χ3v) is 4.35. The predicted octanol–water partition coefficient (Wildman–Crippen LogP) is 4.08. The van der Waals surface area contributed by atoms with Crippen LogP contribution in [0.15, 0.2) is 18.2 Å². The number of likely N-dealkylation sites (tertiary alicyclic amines) is 1. The number of anilines is 1. The molecular weight excluding hydrogens is 260 g/mol. The second-order valence-corrected chi connectivity index (χ2v) is 6.14. The highest BCUT2D eigenvalue weighted by atomic mass is 16.2. The highest BCUT2D eigenvalue weighted by molar-refractivity contribution is 5.99. The average Bonchev–Trinajstić information content (AvgIpc) is 2.53. The second kappa shape index (κ2) is 7.48. The van der Waals surface area contributed by atoms with E-state index in [9.17, 15) is 4.79 Å². The first-order valence-electron chi connectivity index (χ1n) is 8.29. The van der Waals surface area contributed by atoms with Gasteiger partial charge in [0.1, 0.15) is 0 Å². The summed E-state index contributed by atoms with van der Waals surface area (Å²) in [6.07, 6.45) is 4.62. The molecule has 3 nitrogen and oxygen atoms in total. The van der Waals surface area contributed by atoms with E-state index in [2.05, 4.69) is 25.2 Å². The van der Waals surface area contributed by atoms with Crippen molar-refractivity contribution in [3.63, 3.8) is 0 Å². The van der Waals surface area contributed by atoms with E-state index in [1.165, 1.54) is 12.8 Å². The van der Waals surface area contributed by atoms with Crippen molar-refractivity contribution < 1.29 is 4.79 Å². The van der Waals surface area contributed by atoms with E-state index < -0.39 is 0 Å². The number of nitrogens with one attached hydrogen (secondary N) is 1. The molecule has 1 unspecified atom stereocenters. The molecule has 0 aliphatic carbocycles. The molecule has 1 amide bonds. The smallest absolute Gasteiger partial charge is 0.255 e. The molecule has 116 valence electrons. The third kappa shape index (κ3) is 3.99. The number of rotatable bonds is 5. The van der Waals surface area contributed by atoms with Gasteiger partial charge in [0, 0.05) is 25.3 Å². The van der Waals surface area contributed by atoms with Crippen LogP contribution >= 0.6 is 0 Å². The molecule has 1 heterocycles. The average molecular weight is 288 g/mol. The first kappa shape index (κ1) is 15.9. The highest BCUT2D eigenvalue weighted by Gasteiger charge is 2.25. The first-order valence-corrected chi connectivity index (χ1v) is 8.29. The summed E-state index contributed by atoms with van der Waals surface area (Å²) >= 11 is 0. The van der Waals surface area contributed by atoms with Crippen LogP contribution in [0.2, 0.25) is 0 Å². The van der Waals surface area contributed by atoms with E-state index in [0.717, 1.165) is 49.3 Å². The molecular formula is C18H28N2O. The van der Waals surface area contributed by atoms with Gasteiger partial charge in [-0.05, 0) is 44.2 Å². The minimum absolute atomic E-state index is 0.190. The Morgan fingerprint density at radius 2 is 2.19 bits per heavy atom. The van der Waals surface area contributed by atoms with Gasteiger partial charge in [0.2, 0.25) is 0 Å². The Bertz CT molecular complexity index is 484. The lowest BCUT2D eigenvalue weighted by Gasteiger charge is -2.33. The van der Waals surface area contributed by atoms with Gasteiger partial charge in [0.05, 0.1) is 5.56 Å². The van der Waals surface area contributed by atoms with Crippen molar-refractivity contribution in [1.29, 1.82) is 0 Å². The van der Waals surface area contributed by atoms with Gasteiger partial charge < -0.3 is 10.2 Å². The van der Waals surface area contributed by atoms with E-state index >= 15 is 0 Å². The zero-order valence-corrected chi connectivity index (χ0v) is 13.6. The lowest BCUT2D eigenvalue weighted by molar-refractivity contribution is 0.0672. The lowest BCUT2D eigenvalue weighted by Crippen LogP contribution is -2.40. The number of benzene rings is 1. The molecule has 1 atom stereocenters. The van der Waals surface area contributed by atoms with Crippen LogP contribution in [-0.4, -0.2) is 30.4 Å². The molecule has 1 N–H and O–H groups in total. The number of carbonyl (C=O) groups is 1. The standard InChI is InChI=1S/C18H28N2O/c1-4-10-19-17-9-8-14(3)12-16(17)18(21)20-11-6-7-15(5-2)13-20/h8-9,12,15,19H,4-7,10-11,13H2,1-3H3. The van der Waals surface area contributed by atoms with E-state index in [4.69, 9.17) is 0 Å². The maximum atomic E-state index is 12.9. The summed E-state index contributed by atoms with van der Waals surface area (Å²) in [5.41, 5.74) is 2.95. The Morgan fingerprint density at radius 3 is 2.90 bits per heavy atom. The molecule has 3 heteroatoms. The number of amides is 1. The molecule has 1 fully saturated rings. The van der Waals surface area contributed by atoms with Crippen LogP contribution in [0.5, 0.6) is 0 Å². The molecule has 0 radical (unpaired) electrons. The summed E-state index contributed by atoms with van der Waals surface area (Å²) in [4.78, 5) is 14.9. The van der Waals surface area contributed by atoms with E-state index in [1.807, 2.05) is 24.0 Å². The largest absolute Gasteiger partial charge is 0.384 e. The van der Waals surface area contributed by atoms with Crippen LogP contribution in [0.25, 0.3) is 0 Å². The topological polar surface area (TPSA) is 32.3 Å². The second-order valence-electron chi connectivity index (χ2n) is 6.14. The number of carbonyl (C=O) groups excluding carboxylic acids is 1. The fourth-order valence-corrected chi connectivity index (χ4v) is 3.00. The molecule has 0 spiro atoms. The summed E-state index contributed by atoms with van der Waals surface area (Å²) in [6, 6.07) is 6.13. The fraction of sp³-hybridized carbons (Fsp3) is 0.611. The van der Waals surface area contributed by atoms with Gasteiger partial charge in [0.25, 0.3) is 5.91 Å². The molecule has 1 aromatic carbocycles.